The number of hydrogen-bond acceptors (Lipinski definition) is 7. The molecule has 1 amide bonds. The first kappa shape index (κ1) is 20.9. The number of methoxy groups -OCH3 is 1. The molecular formula is C21H24N4O3S2. The SMILES string of the molecule is COc1ccccc1-n1c(SC(C)C(=O)NCC2CCCO2)nnc1-c1cccs1. The number of nitrogens with zero attached hydrogens (tertiary/aromatic N) is 3. The van der Waals surface area contributed by atoms with E-state index in [0.717, 1.165) is 35.8 Å². The standard InChI is InChI=1S/C21H24N4O3S2/c1-14(20(26)22-13-15-7-5-11-28-15)30-21-24-23-19(18-10-6-12-29-18)25(21)16-8-3-4-9-17(16)27-2/h3-4,6,8-10,12,14-15H,5,7,11,13H2,1-2H3,(H,22,26). The number of thioether (sulfide) groups is 1. The van der Waals surface area contributed by atoms with Crippen LogP contribution in [0.15, 0.2) is 46.9 Å². The number of carbonyl (C=O) groups excluding carboxylic acids is 1. The fraction of sp³-hybridized carbons (Fsp3) is 0.381. The first-order chi connectivity index (χ1) is 14.7. The van der Waals surface area contributed by atoms with E-state index < -0.39 is 0 Å². The molecule has 1 fully saturated rings. The third kappa shape index (κ3) is 4.53. The fourth-order valence-electron chi connectivity index (χ4n) is 3.32. The molecule has 3 aromatic rings. The van der Waals surface area contributed by atoms with E-state index in [-0.39, 0.29) is 17.3 Å². The van der Waals surface area contributed by atoms with Crippen LogP contribution >= 0.6 is 23.1 Å². The lowest BCUT2D eigenvalue weighted by Gasteiger charge is -2.16. The van der Waals surface area contributed by atoms with Crippen LogP contribution in [-0.2, 0) is 9.53 Å². The maximum absolute atomic E-state index is 12.6. The number of para-hydroxylation sites is 2. The van der Waals surface area contributed by atoms with Gasteiger partial charge < -0.3 is 14.8 Å². The van der Waals surface area contributed by atoms with Crippen LogP contribution in [0.25, 0.3) is 16.4 Å². The second kappa shape index (κ2) is 9.63. The van der Waals surface area contributed by atoms with E-state index >= 15 is 0 Å². The van der Waals surface area contributed by atoms with Crippen LogP contribution < -0.4 is 10.1 Å². The molecule has 158 valence electrons. The van der Waals surface area contributed by atoms with Crippen LogP contribution in [0.5, 0.6) is 5.75 Å². The van der Waals surface area contributed by atoms with Gasteiger partial charge in [-0.25, -0.2) is 0 Å². The summed E-state index contributed by atoms with van der Waals surface area (Å²) >= 11 is 2.97. The van der Waals surface area contributed by atoms with Gasteiger partial charge in [-0.3, -0.25) is 9.36 Å². The first-order valence-corrected chi connectivity index (χ1v) is 11.6. The third-order valence-corrected chi connectivity index (χ3v) is 6.79. The Balaban J connectivity index is 1.59. The van der Waals surface area contributed by atoms with Gasteiger partial charge in [0.1, 0.15) is 5.75 Å². The number of amides is 1. The van der Waals surface area contributed by atoms with Crippen molar-refractivity contribution in [1.82, 2.24) is 20.1 Å². The van der Waals surface area contributed by atoms with Crippen LogP contribution in [0.3, 0.4) is 0 Å². The van der Waals surface area contributed by atoms with E-state index in [4.69, 9.17) is 9.47 Å². The highest BCUT2D eigenvalue weighted by molar-refractivity contribution is 8.00. The quantitative estimate of drug-likeness (QED) is 0.533. The Labute approximate surface area is 183 Å². The van der Waals surface area contributed by atoms with Crippen molar-refractivity contribution in [3.63, 3.8) is 0 Å². The maximum atomic E-state index is 12.6. The highest BCUT2D eigenvalue weighted by Gasteiger charge is 2.24. The number of nitrogens with one attached hydrogen (secondary N) is 1. The number of carbonyl (C=O) groups is 1. The Hall–Kier alpha value is -2.36. The number of thiophene rings is 1. The Kier molecular flexibility index (Phi) is 6.71. The summed E-state index contributed by atoms with van der Waals surface area (Å²) in [5.74, 6) is 1.40. The average molecular weight is 445 g/mol. The maximum Gasteiger partial charge on any atom is 0.233 e. The van der Waals surface area contributed by atoms with E-state index in [0.29, 0.717) is 17.5 Å². The van der Waals surface area contributed by atoms with Gasteiger partial charge in [-0.2, -0.15) is 0 Å². The molecule has 1 aliphatic heterocycles. The van der Waals surface area contributed by atoms with Gasteiger partial charge in [-0.05, 0) is 43.3 Å². The average Bonchev–Trinajstić information content (AvgIpc) is 3.53. The highest BCUT2D eigenvalue weighted by Crippen LogP contribution is 2.35. The Morgan fingerprint density at radius 3 is 2.97 bits per heavy atom. The zero-order chi connectivity index (χ0) is 20.9. The van der Waals surface area contributed by atoms with Crippen molar-refractivity contribution < 1.29 is 14.3 Å². The lowest BCUT2D eigenvalue weighted by Crippen LogP contribution is -2.36. The van der Waals surface area contributed by atoms with Crippen molar-refractivity contribution in [3.8, 4) is 22.1 Å². The summed E-state index contributed by atoms with van der Waals surface area (Å²) in [6, 6.07) is 11.7. The van der Waals surface area contributed by atoms with Gasteiger partial charge in [-0.1, -0.05) is 30.0 Å². The molecule has 3 heterocycles. The minimum absolute atomic E-state index is 0.0391. The van der Waals surface area contributed by atoms with Crippen molar-refractivity contribution in [2.24, 2.45) is 0 Å². The predicted octanol–water partition coefficient (Wildman–Crippen LogP) is 3.78. The number of hydrogen-bond donors (Lipinski definition) is 1. The lowest BCUT2D eigenvalue weighted by atomic mass is 10.2. The van der Waals surface area contributed by atoms with E-state index in [9.17, 15) is 4.79 Å². The minimum atomic E-state index is -0.333. The fourth-order valence-corrected chi connectivity index (χ4v) is 4.90. The van der Waals surface area contributed by atoms with Crippen LogP contribution in [0.2, 0.25) is 0 Å². The second-order valence-electron chi connectivity index (χ2n) is 6.93. The molecular weight excluding hydrogens is 420 g/mol. The molecule has 0 aliphatic carbocycles. The molecule has 1 N–H and O–H groups in total. The zero-order valence-corrected chi connectivity index (χ0v) is 18.5. The molecule has 0 radical (unpaired) electrons. The summed E-state index contributed by atoms with van der Waals surface area (Å²) in [5.41, 5.74) is 0.836. The molecule has 4 rings (SSSR count). The molecule has 0 bridgehead atoms. The van der Waals surface area contributed by atoms with Gasteiger partial charge in [0.25, 0.3) is 0 Å². The molecule has 2 unspecified atom stereocenters. The summed E-state index contributed by atoms with van der Waals surface area (Å²) in [6.45, 7) is 3.20. The van der Waals surface area contributed by atoms with Gasteiger partial charge >= 0.3 is 0 Å². The van der Waals surface area contributed by atoms with E-state index in [1.54, 1.807) is 18.4 Å². The molecule has 0 spiro atoms. The Bertz CT molecular complexity index is 984. The number of benzene rings is 1. The molecule has 2 aromatic heterocycles. The van der Waals surface area contributed by atoms with E-state index in [1.165, 1.54) is 11.8 Å². The molecule has 30 heavy (non-hydrogen) atoms. The van der Waals surface area contributed by atoms with Crippen LogP contribution in [0, 0.1) is 0 Å². The summed E-state index contributed by atoms with van der Waals surface area (Å²) in [5, 5.41) is 14.1. The first-order valence-electron chi connectivity index (χ1n) is 9.86. The summed E-state index contributed by atoms with van der Waals surface area (Å²) in [7, 11) is 1.64. The van der Waals surface area contributed by atoms with Crippen molar-refractivity contribution in [1.29, 1.82) is 0 Å². The zero-order valence-electron chi connectivity index (χ0n) is 16.9. The molecule has 7 nitrogen and oxygen atoms in total. The number of rotatable bonds is 8. The van der Waals surface area contributed by atoms with Gasteiger partial charge in [0, 0.05) is 13.2 Å². The molecule has 0 saturated carbocycles. The van der Waals surface area contributed by atoms with Crippen molar-refractivity contribution in [3.05, 3.63) is 41.8 Å². The summed E-state index contributed by atoms with van der Waals surface area (Å²) < 4.78 is 13.1. The Morgan fingerprint density at radius 1 is 1.37 bits per heavy atom. The second-order valence-corrected chi connectivity index (χ2v) is 9.19. The largest absolute Gasteiger partial charge is 0.495 e. The number of ether oxygens (including phenoxy) is 2. The molecule has 1 saturated heterocycles. The van der Waals surface area contributed by atoms with E-state index in [2.05, 4.69) is 15.5 Å². The van der Waals surface area contributed by atoms with E-state index in [1.807, 2.05) is 53.3 Å². The third-order valence-electron chi connectivity index (χ3n) is 4.88. The van der Waals surface area contributed by atoms with Gasteiger partial charge in [0.2, 0.25) is 5.91 Å². The van der Waals surface area contributed by atoms with Crippen molar-refractivity contribution >= 4 is 29.0 Å². The number of aromatic nitrogens is 3. The Morgan fingerprint density at radius 2 is 2.23 bits per heavy atom. The van der Waals surface area contributed by atoms with Gasteiger partial charge in [-0.15, -0.1) is 21.5 Å². The highest BCUT2D eigenvalue weighted by atomic mass is 32.2. The molecule has 1 aromatic carbocycles. The molecule has 9 heteroatoms. The molecule has 2 atom stereocenters. The normalized spacial score (nSPS) is 17.1. The van der Waals surface area contributed by atoms with Crippen LogP contribution in [0.1, 0.15) is 19.8 Å². The molecule has 1 aliphatic rings. The summed E-state index contributed by atoms with van der Waals surface area (Å²) in [6.07, 6.45) is 2.17. The smallest absolute Gasteiger partial charge is 0.233 e. The van der Waals surface area contributed by atoms with Crippen molar-refractivity contribution in [2.45, 2.75) is 36.3 Å². The van der Waals surface area contributed by atoms with Crippen LogP contribution in [-0.4, -0.2) is 52.3 Å². The monoisotopic (exact) mass is 444 g/mol. The summed E-state index contributed by atoms with van der Waals surface area (Å²) in [4.78, 5) is 13.6. The van der Waals surface area contributed by atoms with Gasteiger partial charge in [0.15, 0.2) is 11.0 Å². The van der Waals surface area contributed by atoms with Crippen LogP contribution in [0.4, 0.5) is 0 Å². The van der Waals surface area contributed by atoms with Gasteiger partial charge in [0.05, 0.1) is 29.0 Å². The lowest BCUT2D eigenvalue weighted by molar-refractivity contribution is -0.120. The van der Waals surface area contributed by atoms with Crippen molar-refractivity contribution in [2.75, 3.05) is 20.3 Å². The minimum Gasteiger partial charge on any atom is -0.495 e. The predicted molar refractivity (Wildman–Crippen MR) is 119 cm³/mol. The topological polar surface area (TPSA) is 78.3 Å².